The fraction of sp³-hybridized carbons (Fsp3) is 0.211. The summed E-state index contributed by atoms with van der Waals surface area (Å²) in [6, 6.07) is 11.7. The number of rotatable bonds is 7. The first-order valence-corrected chi connectivity index (χ1v) is 8.42. The highest BCUT2D eigenvalue weighted by Gasteiger charge is 2.11. The van der Waals surface area contributed by atoms with Gasteiger partial charge in [0, 0.05) is 11.3 Å². The van der Waals surface area contributed by atoms with Crippen LogP contribution in [-0.2, 0) is 4.79 Å². The molecule has 2 amide bonds. The normalized spacial score (nSPS) is 10.9. The number of hydrogen-bond acceptors (Lipinski definition) is 5. The van der Waals surface area contributed by atoms with Crippen LogP contribution in [0.15, 0.2) is 47.6 Å². The molecule has 0 aliphatic heterocycles. The van der Waals surface area contributed by atoms with E-state index in [1.54, 1.807) is 49.4 Å². The van der Waals surface area contributed by atoms with Gasteiger partial charge in [-0.3, -0.25) is 9.59 Å². The molecule has 0 atom stereocenters. The Balaban J connectivity index is 1.95. The smallest absolute Gasteiger partial charge is 0.271 e. The summed E-state index contributed by atoms with van der Waals surface area (Å²) in [5.74, 6) is 0.237. The highest BCUT2D eigenvalue weighted by Crippen LogP contribution is 2.27. The summed E-state index contributed by atoms with van der Waals surface area (Å²) in [6.45, 7) is 1.64. The van der Waals surface area contributed by atoms with Gasteiger partial charge in [0.1, 0.15) is 0 Å². The summed E-state index contributed by atoms with van der Waals surface area (Å²) in [5.41, 5.74) is 3.72. The molecule has 2 aromatic carbocycles. The van der Waals surface area contributed by atoms with Crippen molar-refractivity contribution in [3.63, 3.8) is 0 Å². The quantitative estimate of drug-likeness (QED) is 0.560. The van der Waals surface area contributed by atoms with Crippen molar-refractivity contribution in [3.05, 3.63) is 53.1 Å². The van der Waals surface area contributed by atoms with Gasteiger partial charge in [-0.25, -0.2) is 5.43 Å². The first-order valence-electron chi connectivity index (χ1n) is 8.04. The zero-order valence-electron chi connectivity index (χ0n) is 15.2. The lowest BCUT2D eigenvalue weighted by molar-refractivity contribution is -0.115. The van der Waals surface area contributed by atoms with Crippen LogP contribution in [0.4, 0.5) is 5.69 Å². The molecule has 0 fully saturated rings. The SMILES string of the molecule is COc1ccc(C(=O)N/N=C(\C)CC(=O)Nc2ccccc2Cl)cc1OC. The van der Waals surface area contributed by atoms with E-state index in [2.05, 4.69) is 15.8 Å². The summed E-state index contributed by atoms with van der Waals surface area (Å²) in [4.78, 5) is 24.3. The summed E-state index contributed by atoms with van der Waals surface area (Å²) in [5, 5.41) is 7.09. The number of ether oxygens (including phenoxy) is 2. The largest absolute Gasteiger partial charge is 0.493 e. The van der Waals surface area contributed by atoms with Crippen molar-refractivity contribution in [3.8, 4) is 11.5 Å². The van der Waals surface area contributed by atoms with Crippen molar-refractivity contribution in [2.24, 2.45) is 5.10 Å². The minimum Gasteiger partial charge on any atom is -0.493 e. The number of methoxy groups -OCH3 is 2. The van der Waals surface area contributed by atoms with Crippen molar-refractivity contribution in [1.29, 1.82) is 0 Å². The van der Waals surface area contributed by atoms with E-state index >= 15 is 0 Å². The number of benzene rings is 2. The van der Waals surface area contributed by atoms with E-state index in [4.69, 9.17) is 21.1 Å². The van der Waals surface area contributed by atoms with Gasteiger partial charge in [0.05, 0.1) is 31.4 Å². The molecule has 2 rings (SSSR count). The van der Waals surface area contributed by atoms with Crippen molar-refractivity contribution in [2.45, 2.75) is 13.3 Å². The Kier molecular flexibility index (Phi) is 7.19. The van der Waals surface area contributed by atoms with Gasteiger partial charge in [0.2, 0.25) is 5.91 Å². The number of anilines is 1. The van der Waals surface area contributed by atoms with Crippen molar-refractivity contribution in [1.82, 2.24) is 5.43 Å². The van der Waals surface area contributed by atoms with E-state index in [1.165, 1.54) is 14.2 Å². The van der Waals surface area contributed by atoms with Crippen LogP contribution in [0, 0.1) is 0 Å². The monoisotopic (exact) mass is 389 g/mol. The van der Waals surface area contributed by atoms with Gasteiger partial charge in [-0.05, 0) is 37.3 Å². The molecule has 27 heavy (non-hydrogen) atoms. The topological polar surface area (TPSA) is 89.0 Å². The predicted octanol–water partition coefficient (Wildman–Crippen LogP) is 3.49. The lowest BCUT2D eigenvalue weighted by Crippen LogP contribution is -2.21. The zero-order chi connectivity index (χ0) is 19.8. The molecule has 0 aromatic heterocycles. The number of nitrogens with zero attached hydrogens (tertiary/aromatic N) is 1. The summed E-state index contributed by atoms with van der Waals surface area (Å²) in [7, 11) is 3.00. The number of carbonyl (C=O) groups excluding carboxylic acids is 2. The standard InChI is InChI=1S/C19H20ClN3O4/c1-12(10-18(24)21-15-7-5-4-6-14(15)20)22-23-19(25)13-8-9-16(26-2)17(11-13)27-3/h4-9,11H,10H2,1-3H3,(H,21,24)(H,23,25)/b22-12+. The number of halogens is 1. The Morgan fingerprint density at radius 2 is 1.78 bits per heavy atom. The van der Waals surface area contributed by atoms with Gasteiger partial charge < -0.3 is 14.8 Å². The third-order valence-electron chi connectivity index (χ3n) is 3.56. The first-order chi connectivity index (χ1) is 12.9. The highest BCUT2D eigenvalue weighted by molar-refractivity contribution is 6.33. The second-order valence-corrected chi connectivity index (χ2v) is 5.97. The molecule has 2 N–H and O–H groups in total. The maximum Gasteiger partial charge on any atom is 0.271 e. The molecule has 0 saturated carbocycles. The molecule has 0 radical (unpaired) electrons. The van der Waals surface area contributed by atoms with E-state index in [1.807, 2.05) is 0 Å². The Morgan fingerprint density at radius 3 is 2.44 bits per heavy atom. The van der Waals surface area contributed by atoms with Gasteiger partial charge in [-0.1, -0.05) is 23.7 Å². The molecule has 142 valence electrons. The van der Waals surface area contributed by atoms with E-state index in [-0.39, 0.29) is 12.3 Å². The summed E-state index contributed by atoms with van der Waals surface area (Å²) in [6.07, 6.45) is 0.0113. The minimum atomic E-state index is -0.429. The van der Waals surface area contributed by atoms with Gasteiger partial charge in [-0.2, -0.15) is 5.10 Å². The lowest BCUT2D eigenvalue weighted by atomic mass is 10.2. The Hall–Kier alpha value is -3.06. The molecule has 8 heteroatoms. The maximum atomic E-state index is 12.2. The van der Waals surface area contributed by atoms with Gasteiger partial charge in [-0.15, -0.1) is 0 Å². The van der Waals surface area contributed by atoms with Crippen LogP contribution in [0.5, 0.6) is 11.5 Å². The first kappa shape index (κ1) is 20.3. The Bertz CT molecular complexity index is 868. The predicted molar refractivity (Wildman–Crippen MR) is 105 cm³/mol. The van der Waals surface area contributed by atoms with Crippen LogP contribution in [0.2, 0.25) is 5.02 Å². The number of carbonyl (C=O) groups is 2. The second-order valence-electron chi connectivity index (χ2n) is 5.56. The number of amides is 2. The van der Waals surface area contributed by atoms with E-state index in [0.29, 0.717) is 33.5 Å². The second kappa shape index (κ2) is 9.59. The van der Waals surface area contributed by atoms with Gasteiger partial charge in [0.25, 0.3) is 5.91 Å². The van der Waals surface area contributed by atoms with Crippen LogP contribution >= 0.6 is 11.6 Å². The third-order valence-corrected chi connectivity index (χ3v) is 3.89. The number of nitrogens with one attached hydrogen (secondary N) is 2. The minimum absolute atomic E-state index is 0.0113. The highest BCUT2D eigenvalue weighted by atomic mass is 35.5. The van der Waals surface area contributed by atoms with Crippen LogP contribution in [-0.4, -0.2) is 31.7 Å². The molecule has 0 aliphatic carbocycles. The number of hydrazone groups is 1. The number of para-hydroxylation sites is 1. The van der Waals surface area contributed by atoms with E-state index in [0.717, 1.165) is 0 Å². The zero-order valence-corrected chi connectivity index (χ0v) is 16.0. The van der Waals surface area contributed by atoms with Crippen LogP contribution in [0.1, 0.15) is 23.7 Å². The molecule has 2 aromatic rings. The average molecular weight is 390 g/mol. The third kappa shape index (κ3) is 5.72. The Labute approximate surface area is 162 Å². The van der Waals surface area contributed by atoms with Crippen molar-refractivity contribution >= 4 is 34.8 Å². The van der Waals surface area contributed by atoms with Crippen LogP contribution in [0.3, 0.4) is 0 Å². The van der Waals surface area contributed by atoms with Crippen LogP contribution < -0.4 is 20.2 Å². The fourth-order valence-electron chi connectivity index (χ4n) is 2.22. The molecular formula is C19H20ClN3O4. The van der Waals surface area contributed by atoms with Gasteiger partial charge in [0.15, 0.2) is 11.5 Å². The van der Waals surface area contributed by atoms with Crippen molar-refractivity contribution < 1.29 is 19.1 Å². The van der Waals surface area contributed by atoms with Gasteiger partial charge >= 0.3 is 0 Å². The molecule has 0 heterocycles. The molecule has 0 bridgehead atoms. The van der Waals surface area contributed by atoms with Crippen molar-refractivity contribution in [2.75, 3.05) is 19.5 Å². The molecule has 0 aliphatic rings. The van der Waals surface area contributed by atoms with E-state index in [9.17, 15) is 9.59 Å². The molecule has 7 nitrogen and oxygen atoms in total. The summed E-state index contributed by atoms with van der Waals surface area (Å²) >= 11 is 6.00. The maximum absolute atomic E-state index is 12.2. The Morgan fingerprint density at radius 1 is 1.07 bits per heavy atom. The van der Waals surface area contributed by atoms with Crippen LogP contribution in [0.25, 0.3) is 0 Å². The average Bonchev–Trinajstić information content (AvgIpc) is 2.67. The van der Waals surface area contributed by atoms with E-state index < -0.39 is 5.91 Å². The molecule has 0 saturated heterocycles. The molecular weight excluding hydrogens is 370 g/mol. The fourth-order valence-corrected chi connectivity index (χ4v) is 2.40. The molecule has 0 unspecified atom stereocenters. The molecule has 0 spiro atoms. The number of hydrogen-bond donors (Lipinski definition) is 2. The lowest BCUT2D eigenvalue weighted by Gasteiger charge is -2.09. The summed E-state index contributed by atoms with van der Waals surface area (Å²) < 4.78 is 10.3.